The summed E-state index contributed by atoms with van der Waals surface area (Å²) in [5.41, 5.74) is 0.597. The Hall–Kier alpha value is -0.900. The van der Waals surface area contributed by atoms with Gasteiger partial charge in [0.05, 0.1) is 18.8 Å². The fourth-order valence-corrected chi connectivity index (χ4v) is 2.58. The van der Waals surface area contributed by atoms with E-state index in [-0.39, 0.29) is 6.61 Å². The predicted octanol–water partition coefficient (Wildman–Crippen LogP) is 3.47. The third-order valence-corrected chi connectivity index (χ3v) is 3.85. The van der Waals surface area contributed by atoms with Crippen LogP contribution in [0.5, 0.6) is 0 Å². The van der Waals surface area contributed by atoms with Crippen molar-refractivity contribution in [3.05, 3.63) is 35.9 Å². The summed E-state index contributed by atoms with van der Waals surface area (Å²) in [5.74, 6) is 0. The predicted molar refractivity (Wildman–Crippen MR) is 88.5 cm³/mol. The van der Waals surface area contributed by atoms with Crippen LogP contribution < -0.4 is 5.32 Å². The molecule has 0 bridgehead atoms. The normalized spacial score (nSPS) is 14.0. The SMILES string of the molecule is CCCCCCCOCC(CO)(NCC)c1ccccc1. The molecule has 3 nitrogen and oxygen atoms in total. The number of aliphatic hydroxyl groups is 1. The first kappa shape index (κ1) is 18.1. The third-order valence-electron chi connectivity index (χ3n) is 3.85. The van der Waals surface area contributed by atoms with Gasteiger partial charge < -0.3 is 15.2 Å². The van der Waals surface area contributed by atoms with Gasteiger partial charge in [-0.2, -0.15) is 0 Å². The number of hydrogen-bond acceptors (Lipinski definition) is 3. The number of hydrogen-bond donors (Lipinski definition) is 2. The number of aliphatic hydroxyl groups excluding tert-OH is 1. The maximum absolute atomic E-state index is 9.89. The average Bonchev–Trinajstić information content (AvgIpc) is 2.54. The van der Waals surface area contributed by atoms with Crippen molar-refractivity contribution >= 4 is 0 Å². The molecule has 1 atom stereocenters. The molecule has 0 aliphatic rings. The van der Waals surface area contributed by atoms with Gasteiger partial charge in [0.1, 0.15) is 0 Å². The van der Waals surface area contributed by atoms with Crippen molar-refractivity contribution in [1.82, 2.24) is 5.32 Å². The van der Waals surface area contributed by atoms with Crippen LogP contribution in [-0.2, 0) is 10.3 Å². The molecule has 0 aliphatic carbocycles. The molecule has 0 saturated carbocycles. The van der Waals surface area contributed by atoms with E-state index in [4.69, 9.17) is 4.74 Å². The summed E-state index contributed by atoms with van der Waals surface area (Å²) in [5, 5.41) is 13.3. The van der Waals surface area contributed by atoms with Crippen molar-refractivity contribution in [3.8, 4) is 0 Å². The van der Waals surface area contributed by atoms with Crippen molar-refractivity contribution in [2.75, 3.05) is 26.4 Å². The lowest BCUT2D eigenvalue weighted by Gasteiger charge is -2.33. The monoisotopic (exact) mass is 293 g/mol. The van der Waals surface area contributed by atoms with E-state index in [1.165, 1.54) is 25.7 Å². The Labute approximate surface area is 129 Å². The highest BCUT2D eigenvalue weighted by Gasteiger charge is 2.30. The third kappa shape index (κ3) is 6.16. The molecule has 0 amide bonds. The Bertz CT molecular complexity index is 355. The maximum atomic E-state index is 9.89. The number of nitrogens with one attached hydrogen (secondary N) is 1. The lowest BCUT2D eigenvalue weighted by Crippen LogP contribution is -2.49. The van der Waals surface area contributed by atoms with Crippen molar-refractivity contribution < 1.29 is 9.84 Å². The highest BCUT2D eigenvalue weighted by molar-refractivity contribution is 5.25. The van der Waals surface area contributed by atoms with Crippen LogP contribution in [0.1, 0.15) is 51.5 Å². The van der Waals surface area contributed by atoms with E-state index >= 15 is 0 Å². The lowest BCUT2D eigenvalue weighted by atomic mass is 9.91. The van der Waals surface area contributed by atoms with Crippen LogP contribution in [0, 0.1) is 0 Å². The summed E-state index contributed by atoms with van der Waals surface area (Å²) in [6.07, 6.45) is 6.19. The molecule has 0 aromatic heterocycles. The second-order valence-corrected chi connectivity index (χ2v) is 5.60. The second-order valence-electron chi connectivity index (χ2n) is 5.60. The van der Waals surface area contributed by atoms with Crippen LogP contribution in [0.4, 0.5) is 0 Å². The number of likely N-dealkylation sites (N-methyl/N-ethyl adjacent to an activating group) is 1. The van der Waals surface area contributed by atoms with Gasteiger partial charge in [-0.1, -0.05) is 69.9 Å². The number of benzene rings is 1. The number of rotatable bonds is 12. The van der Waals surface area contributed by atoms with E-state index in [9.17, 15) is 5.11 Å². The first-order valence-electron chi connectivity index (χ1n) is 8.28. The van der Waals surface area contributed by atoms with Crippen LogP contribution in [0.3, 0.4) is 0 Å². The Kier molecular flexibility index (Phi) is 9.31. The fraction of sp³-hybridized carbons (Fsp3) is 0.667. The van der Waals surface area contributed by atoms with Crippen molar-refractivity contribution in [2.45, 2.75) is 51.5 Å². The minimum Gasteiger partial charge on any atom is -0.394 e. The summed E-state index contributed by atoms with van der Waals surface area (Å²) in [7, 11) is 0. The van der Waals surface area contributed by atoms with E-state index in [0.29, 0.717) is 6.61 Å². The molecule has 21 heavy (non-hydrogen) atoms. The van der Waals surface area contributed by atoms with Gasteiger partial charge in [-0.25, -0.2) is 0 Å². The number of unbranched alkanes of at least 4 members (excludes halogenated alkanes) is 4. The molecule has 1 aromatic carbocycles. The molecule has 0 spiro atoms. The minimum absolute atomic E-state index is 0.0423. The average molecular weight is 293 g/mol. The zero-order valence-corrected chi connectivity index (χ0v) is 13.6. The molecule has 0 aliphatic heterocycles. The van der Waals surface area contributed by atoms with Gasteiger partial charge in [0.15, 0.2) is 0 Å². The summed E-state index contributed by atoms with van der Waals surface area (Å²) in [6, 6.07) is 10.1. The van der Waals surface area contributed by atoms with Crippen LogP contribution in [0.15, 0.2) is 30.3 Å². The molecule has 0 fully saturated rings. The fourth-order valence-electron chi connectivity index (χ4n) is 2.58. The molecule has 0 saturated heterocycles. The summed E-state index contributed by atoms with van der Waals surface area (Å²) < 4.78 is 5.85. The highest BCUT2D eigenvalue weighted by Crippen LogP contribution is 2.21. The van der Waals surface area contributed by atoms with Gasteiger partial charge in [-0.05, 0) is 18.5 Å². The number of ether oxygens (including phenoxy) is 1. The summed E-state index contributed by atoms with van der Waals surface area (Å²) in [6.45, 7) is 6.40. The Morgan fingerprint density at radius 3 is 2.38 bits per heavy atom. The molecule has 1 unspecified atom stereocenters. The van der Waals surface area contributed by atoms with Gasteiger partial charge >= 0.3 is 0 Å². The van der Waals surface area contributed by atoms with Gasteiger partial charge in [-0.15, -0.1) is 0 Å². The largest absolute Gasteiger partial charge is 0.394 e. The van der Waals surface area contributed by atoms with E-state index in [0.717, 1.165) is 25.1 Å². The molecule has 0 heterocycles. The molecule has 3 heteroatoms. The van der Waals surface area contributed by atoms with Gasteiger partial charge in [0, 0.05) is 6.61 Å². The van der Waals surface area contributed by atoms with Crippen molar-refractivity contribution in [3.63, 3.8) is 0 Å². The topological polar surface area (TPSA) is 41.5 Å². The molecular formula is C18H31NO2. The first-order chi connectivity index (χ1) is 10.3. The second kappa shape index (κ2) is 10.8. The van der Waals surface area contributed by atoms with Crippen LogP contribution in [-0.4, -0.2) is 31.5 Å². The Balaban J connectivity index is 2.47. The van der Waals surface area contributed by atoms with Crippen molar-refractivity contribution in [2.24, 2.45) is 0 Å². The minimum atomic E-state index is -0.487. The van der Waals surface area contributed by atoms with Crippen LogP contribution >= 0.6 is 0 Å². The molecule has 0 radical (unpaired) electrons. The van der Waals surface area contributed by atoms with E-state index in [2.05, 4.69) is 19.2 Å². The van der Waals surface area contributed by atoms with Crippen LogP contribution in [0.25, 0.3) is 0 Å². The molecule has 120 valence electrons. The van der Waals surface area contributed by atoms with Crippen LogP contribution in [0.2, 0.25) is 0 Å². The van der Waals surface area contributed by atoms with E-state index < -0.39 is 5.54 Å². The summed E-state index contributed by atoms with van der Waals surface area (Å²) >= 11 is 0. The van der Waals surface area contributed by atoms with Gasteiger partial charge in [0.2, 0.25) is 0 Å². The van der Waals surface area contributed by atoms with Gasteiger partial charge in [-0.3, -0.25) is 0 Å². The Morgan fingerprint density at radius 1 is 1.05 bits per heavy atom. The first-order valence-corrected chi connectivity index (χ1v) is 8.28. The van der Waals surface area contributed by atoms with E-state index in [1.807, 2.05) is 30.3 Å². The molecule has 1 aromatic rings. The highest BCUT2D eigenvalue weighted by atomic mass is 16.5. The molecule has 1 rings (SSSR count). The standard InChI is InChI=1S/C18H31NO2/c1-3-5-6-7-11-14-21-16-18(15-20,19-4-2)17-12-9-8-10-13-17/h8-10,12-13,19-20H,3-7,11,14-16H2,1-2H3. The molecule has 2 N–H and O–H groups in total. The van der Waals surface area contributed by atoms with E-state index in [1.54, 1.807) is 0 Å². The summed E-state index contributed by atoms with van der Waals surface area (Å²) in [4.78, 5) is 0. The Morgan fingerprint density at radius 2 is 1.76 bits per heavy atom. The maximum Gasteiger partial charge on any atom is 0.0905 e. The lowest BCUT2D eigenvalue weighted by molar-refractivity contribution is 0.0327. The quantitative estimate of drug-likeness (QED) is 0.580. The van der Waals surface area contributed by atoms with Gasteiger partial charge in [0.25, 0.3) is 0 Å². The smallest absolute Gasteiger partial charge is 0.0905 e. The van der Waals surface area contributed by atoms with Crippen molar-refractivity contribution in [1.29, 1.82) is 0 Å². The zero-order valence-electron chi connectivity index (χ0n) is 13.6. The molecular weight excluding hydrogens is 262 g/mol. The zero-order chi connectivity index (χ0) is 15.4.